The number of aliphatic imine (C=N–C) groups is 1. The Morgan fingerprint density at radius 2 is 2.27 bits per heavy atom. The molecule has 2 aromatic heterocycles. The van der Waals surface area contributed by atoms with Gasteiger partial charge in [-0.05, 0) is 6.92 Å². The summed E-state index contributed by atoms with van der Waals surface area (Å²) in [7, 11) is 3.89. The van der Waals surface area contributed by atoms with Gasteiger partial charge >= 0.3 is 0 Å². The topological polar surface area (TPSA) is 84.4 Å². The third kappa shape index (κ3) is 5.28. The number of aryl methyl sites for hydroxylation is 2. The second-order valence-corrected chi connectivity index (χ2v) is 4.78. The van der Waals surface area contributed by atoms with E-state index in [9.17, 15) is 0 Å². The molecule has 0 fully saturated rings. The molecule has 8 nitrogen and oxygen atoms in total. The summed E-state index contributed by atoms with van der Waals surface area (Å²) in [6.07, 6.45) is 3.84. The van der Waals surface area contributed by atoms with E-state index in [1.807, 2.05) is 38.3 Å². The van der Waals surface area contributed by atoms with Gasteiger partial charge in [0.2, 0.25) is 5.89 Å². The van der Waals surface area contributed by atoms with E-state index in [2.05, 4.69) is 25.5 Å². The molecule has 2 aromatic rings. The van der Waals surface area contributed by atoms with Crippen molar-refractivity contribution < 1.29 is 4.52 Å². The largest absolute Gasteiger partial charge is 0.357 e. The highest BCUT2D eigenvalue weighted by Gasteiger charge is 2.09. The Kier molecular flexibility index (Phi) is 7.28. The molecule has 0 aliphatic carbocycles. The van der Waals surface area contributed by atoms with Crippen molar-refractivity contribution in [1.82, 2.24) is 30.1 Å². The zero-order valence-corrected chi connectivity index (χ0v) is 15.6. The molecule has 2 rings (SSSR count). The van der Waals surface area contributed by atoms with E-state index in [4.69, 9.17) is 4.52 Å². The monoisotopic (exact) mass is 419 g/mol. The zero-order valence-electron chi connectivity index (χ0n) is 13.3. The van der Waals surface area contributed by atoms with Crippen molar-refractivity contribution in [3.8, 4) is 0 Å². The number of hydrogen-bond acceptors (Lipinski definition) is 5. The summed E-state index contributed by atoms with van der Waals surface area (Å²) in [5, 5.41) is 11.3. The predicted octanol–water partition coefficient (Wildman–Crippen LogP) is 1.33. The van der Waals surface area contributed by atoms with Crippen LogP contribution in [0.15, 0.2) is 21.9 Å². The van der Waals surface area contributed by atoms with E-state index in [-0.39, 0.29) is 24.0 Å². The maximum Gasteiger partial charge on any atom is 0.223 e. The molecule has 0 aliphatic heterocycles. The van der Waals surface area contributed by atoms with Gasteiger partial charge < -0.3 is 14.7 Å². The van der Waals surface area contributed by atoms with Crippen LogP contribution in [0.2, 0.25) is 0 Å². The lowest BCUT2D eigenvalue weighted by molar-refractivity contribution is 0.387. The van der Waals surface area contributed by atoms with Crippen LogP contribution in [-0.2, 0) is 20.1 Å². The summed E-state index contributed by atoms with van der Waals surface area (Å²) in [6, 6.07) is 0. The standard InChI is InChI=1S/C13H21N7O.HI/c1-5-14-13(15-7-12-17-10(2)21-18-12)19(3)8-11-6-16-20(4)9-11;/h6,9H,5,7-8H2,1-4H3,(H,14,15);1H. The highest BCUT2D eigenvalue weighted by molar-refractivity contribution is 14.0. The van der Waals surface area contributed by atoms with E-state index in [0.29, 0.717) is 18.3 Å². The number of guanidine groups is 1. The molecule has 0 bridgehead atoms. The minimum atomic E-state index is 0. The molecule has 0 unspecified atom stereocenters. The number of nitrogens with one attached hydrogen (secondary N) is 1. The fourth-order valence-corrected chi connectivity index (χ4v) is 1.92. The molecular formula is C13H22IN7O. The SMILES string of the molecule is CCNC(=NCc1noc(C)n1)N(C)Cc1cnn(C)c1.I. The molecule has 0 atom stereocenters. The van der Waals surface area contributed by atoms with Gasteiger partial charge in [-0.1, -0.05) is 5.16 Å². The van der Waals surface area contributed by atoms with Crippen LogP contribution in [0.1, 0.15) is 24.2 Å². The molecule has 22 heavy (non-hydrogen) atoms. The molecule has 0 radical (unpaired) electrons. The predicted molar refractivity (Wildman–Crippen MR) is 93.9 cm³/mol. The third-order valence-electron chi connectivity index (χ3n) is 2.81. The van der Waals surface area contributed by atoms with Crippen LogP contribution in [0.4, 0.5) is 0 Å². The van der Waals surface area contributed by atoms with E-state index in [1.165, 1.54) is 0 Å². The smallest absolute Gasteiger partial charge is 0.223 e. The van der Waals surface area contributed by atoms with Gasteiger partial charge in [0, 0.05) is 45.9 Å². The Morgan fingerprint density at radius 1 is 1.50 bits per heavy atom. The van der Waals surface area contributed by atoms with Gasteiger partial charge in [-0.15, -0.1) is 24.0 Å². The van der Waals surface area contributed by atoms with Crippen molar-refractivity contribution in [2.45, 2.75) is 26.9 Å². The minimum Gasteiger partial charge on any atom is -0.357 e. The lowest BCUT2D eigenvalue weighted by atomic mass is 10.3. The van der Waals surface area contributed by atoms with E-state index in [1.54, 1.807) is 11.6 Å². The fourth-order valence-electron chi connectivity index (χ4n) is 1.92. The van der Waals surface area contributed by atoms with Crippen molar-refractivity contribution in [2.24, 2.45) is 12.0 Å². The number of nitrogens with zero attached hydrogens (tertiary/aromatic N) is 6. The van der Waals surface area contributed by atoms with Crippen LogP contribution in [-0.4, -0.2) is 44.4 Å². The number of halogens is 1. The molecule has 0 aromatic carbocycles. The number of aromatic nitrogens is 4. The Morgan fingerprint density at radius 3 is 2.82 bits per heavy atom. The lowest BCUT2D eigenvalue weighted by Gasteiger charge is -2.21. The first-order valence-corrected chi connectivity index (χ1v) is 6.84. The normalized spacial score (nSPS) is 11.2. The molecule has 9 heteroatoms. The molecule has 122 valence electrons. The number of rotatable bonds is 5. The van der Waals surface area contributed by atoms with Crippen molar-refractivity contribution in [1.29, 1.82) is 0 Å². The van der Waals surface area contributed by atoms with Crippen molar-refractivity contribution in [3.63, 3.8) is 0 Å². The average Bonchev–Trinajstić information content (AvgIpc) is 3.03. The van der Waals surface area contributed by atoms with Crippen molar-refractivity contribution >= 4 is 29.9 Å². The first-order valence-electron chi connectivity index (χ1n) is 6.84. The maximum absolute atomic E-state index is 4.94. The molecule has 0 spiro atoms. The van der Waals surface area contributed by atoms with Crippen LogP contribution in [0.3, 0.4) is 0 Å². The molecule has 2 heterocycles. The minimum absolute atomic E-state index is 0. The number of hydrogen-bond donors (Lipinski definition) is 1. The summed E-state index contributed by atoms with van der Waals surface area (Å²) in [5.74, 6) is 1.93. The average molecular weight is 419 g/mol. The van der Waals surface area contributed by atoms with E-state index in [0.717, 1.165) is 24.6 Å². The summed E-state index contributed by atoms with van der Waals surface area (Å²) in [4.78, 5) is 10.7. The second-order valence-electron chi connectivity index (χ2n) is 4.78. The van der Waals surface area contributed by atoms with Gasteiger partial charge in [0.1, 0.15) is 6.54 Å². The van der Waals surface area contributed by atoms with Crippen molar-refractivity contribution in [3.05, 3.63) is 29.7 Å². The summed E-state index contributed by atoms with van der Waals surface area (Å²) in [6.45, 7) is 5.70. The summed E-state index contributed by atoms with van der Waals surface area (Å²) >= 11 is 0. The van der Waals surface area contributed by atoms with Crippen LogP contribution < -0.4 is 5.32 Å². The van der Waals surface area contributed by atoms with Gasteiger partial charge in [0.15, 0.2) is 11.8 Å². The lowest BCUT2D eigenvalue weighted by Crippen LogP contribution is -2.38. The molecule has 0 saturated carbocycles. The fraction of sp³-hybridized carbons (Fsp3) is 0.538. The van der Waals surface area contributed by atoms with Crippen LogP contribution in [0.25, 0.3) is 0 Å². The molecule has 1 N–H and O–H groups in total. The van der Waals surface area contributed by atoms with Gasteiger partial charge in [-0.25, -0.2) is 4.99 Å². The summed E-state index contributed by atoms with van der Waals surface area (Å²) in [5.41, 5.74) is 1.13. The first kappa shape index (κ1) is 18.4. The van der Waals surface area contributed by atoms with Gasteiger partial charge in [-0.3, -0.25) is 4.68 Å². The molecule has 0 aliphatic rings. The highest BCUT2D eigenvalue weighted by Crippen LogP contribution is 2.03. The van der Waals surface area contributed by atoms with Gasteiger partial charge in [0.25, 0.3) is 0 Å². The third-order valence-corrected chi connectivity index (χ3v) is 2.81. The quantitative estimate of drug-likeness (QED) is 0.447. The van der Waals surface area contributed by atoms with E-state index >= 15 is 0 Å². The van der Waals surface area contributed by atoms with Crippen molar-refractivity contribution in [2.75, 3.05) is 13.6 Å². The van der Waals surface area contributed by atoms with E-state index < -0.39 is 0 Å². The zero-order chi connectivity index (χ0) is 15.2. The maximum atomic E-state index is 4.94. The molecule has 0 saturated heterocycles. The Hall–Kier alpha value is -1.65. The molecule has 0 amide bonds. The van der Waals surface area contributed by atoms with Crippen LogP contribution >= 0.6 is 24.0 Å². The highest BCUT2D eigenvalue weighted by atomic mass is 127. The Labute approximate surface area is 147 Å². The van der Waals surface area contributed by atoms with Gasteiger partial charge in [0.05, 0.1) is 6.20 Å². The van der Waals surface area contributed by atoms with Gasteiger partial charge in [-0.2, -0.15) is 10.1 Å². The second kappa shape index (κ2) is 8.71. The Bertz CT molecular complexity index is 607. The first-order chi connectivity index (χ1) is 10.1. The summed E-state index contributed by atoms with van der Waals surface area (Å²) < 4.78 is 6.73. The van der Waals surface area contributed by atoms with Crippen LogP contribution in [0.5, 0.6) is 0 Å². The Balaban J connectivity index is 0.00000242. The molecular weight excluding hydrogens is 397 g/mol. The van der Waals surface area contributed by atoms with Crippen LogP contribution in [0, 0.1) is 6.92 Å².